The van der Waals surface area contributed by atoms with Crippen molar-refractivity contribution < 1.29 is 13.6 Å². The number of fused-ring (bicyclic) bond motifs is 5. The summed E-state index contributed by atoms with van der Waals surface area (Å²) in [5.41, 5.74) is 0.226. The Morgan fingerprint density at radius 2 is 1.80 bits per heavy atom. The highest BCUT2D eigenvalue weighted by Gasteiger charge is 2.48. The van der Waals surface area contributed by atoms with Crippen LogP contribution in [0.5, 0.6) is 0 Å². The minimum atomic E-state index is -0.736. The average Bonchev–Trinajstić information content (AvgIpc) is 2.66. The molecule has 0 spiro atoms. The molecule has 2 saturated heterocycles. The van der Waals surface area contributed by atoms with Crippen LogP contribution in [0.4, 0.5) is 20.2 Å². The Kier molecular flexibility index (Phi) is 4.20. The van der Waals surface area contributed by atoms with Crippen molar-refractivity contribution in [1.82, 2.24) is 14.8 Å². The lowest BCUT2D eigenvalue weighted by Crippen LogP contribution is -2.70. The number of rotatable bonds is 1. The molecular weight excluding hydrogens is 392 g/mol. The van der Waals surface area contributed by atoms with Crippen LogP contribution in [0.15, 0.2) is 10.9 Å². The average molecular weight is 417 g/mol. The van der Waals surface area contributed by atoms with E-state index in [2.05, 4.69) is 10.2 Å². The van der Waals surface area contributed by atoms with Gasteiger partial charge in [0.1, 0.15) is 17.5 Å². The van der Waals surface area contributed by atoms with E-state index in [4.69, 9.17) is 0 Å². The molecule has 1 amide bonds. The van der Waals surface area contributed by atoms with Gasteiger partial charge in [-0.1, -0.05) is 0 Å². The molecule has 30 heavy (non-hydrogen) atoms. The third-order valence-electron chi connectivity index (χ3n) is 6.97. The largest absolute Gasteiger partial charge is 0.354 e. The minimum Gasteiger partial charge on any atom is -0.354 e. The highest BCUT2D eigenvalue weighted by molar-refractivity contribution is 6.12. The van der Waals surface area contributed by atoms with E-state index in [1.165, 1.54) is 24.6 Å². The van der Waals surface area contributed by atoms with Crippen molar-refractivity contribution in [2.24, 2.45) is 7.05 Å². The first kappa shape index (κ1) is 19.4. The van der Waals surface area contributed by atoms with E-state index >= 15 is 4.39 Å². The molecule has 0 bridgehead atoms. The summed E-state index contributed by atoms with van der Waals surface area (Å²) in [5, 5.41) is 3.48. The lowest BCUT2D eigenvalue weighted by atomic mass is 9.95. The Bertz CT molecular complexity index is 1140. The molecule has 2 aromatic rings. The number of halogens is 2. The van der Waals surface area contributed by atoms with Gasteiger partial charge in [0.25, 0.3) is 11.5 Å². The predicted octanol–water partition coefficient (Wildman–Crippen LogP) is 0.952. The summed E-state index contributed by atoms with van der Waals surface area (Å²) < 4.78 is 31.0. The summed E-state index contributed by atoms with van der Waals surface area (Å²) in [4.78, 5) is 32.6. The van der Waals surface area contributed by atoms with Crippen LogP contribution in [0, 0.1) is 18.6 Å². The molecular formula is C21H25F2N5O2. The maximum absolute atomic E-state index is 15.1. The van der Waals surface area contributed by atoms with Crippen LogP contribution in [-0.2, 0) is 11.8 Å². The van der Waals surface area contributed by atoms with Crippen molar-refractivity contribution >= 4 is 28.2 Å². The molecule has 4 heterocycles. The zero-order valence-corrected chi connectivity index (χ0v) is 17.5. The van der Waals surface area contributed by atoms with Gasteiger partial charge in [0.05, 0.1) is 17.2 Å². The number of aryl methyl sites for hydroxylation is 1. The monoisotopic (exact) mass is 417 g/mol. The second-order valence-corrected chi connectivity index (χ2v) is 8.73. The number of hydrogen-bond donors (Lipinski definition) is 1. The molecule has 7 nitrogen and oxygen atoms in total. The maximum Gasteiger partial charge on any atom is 0.277 e. The van der Waals surface area contributed by atoms with Gasteiger partial charge in [0.15, 0.2) is 5.82 Å². The van der Waals surface area contributed by atoms with E-state index in [-0.39, 0.29) is 34.8 Å². The molecule has 0 saturated carbocycles. The smallest absolute Gasteiger partial charge is 0.277 e. The third-order valence-corrected chi connectivity index (χ3v) is 6.97. The lowest BCUT2D eigenvalue weighted by molar-refractivity contribution is -0.122. The van der Waals surface area contributed by atoms with Crippen molar-refractivity contribution in [1.29, 1.82) is 0 Å². The molecule has 5 rings (SSSR count). The van der Waals surface area contributed by atoms with Crippen LogP contribution < -0.4 is 20.7 Å². The Morgan fingerprint density at radius 1 is 1.10 bits per heavy atom. The zero-order valence-electron chi connectivity index (χ0n) is 17.5. The van der Waals surface area contributed by atoms with Crippen LogP contribution in [-0.4, -0.2) is 66.7 Å². The van der Waals surface area contributed by atoms with Crippen LogP contribution in [0.3, 0.4) is 0 Å². The fraction of sp³-hybridized carbons (Fsp3) is 0.524. The van der Waals surface area contributed by atoms with Gasteiger partial charge >= 0.3 is 0 Å². The molecule has 2 fully saturated rings. The summed E-state index contributed by atoms with van der Waals surface area (Å²) in [6.07, 6.45) is 0. The Labute approximate surface area is 172 Å². The van der Waals surface area contributed by atoms with Crippen LogP contribution in [0.1, 0.15) is 12.5 Å². The SMILES string of the molecule is Cc1c(F)cc2c3c(c(=O)n(C)c2c1F)N(C1CNC1)C(=O)C1CN(C)C(C)CN31. The number of benzene rings is 1. The van der Waals surface area contributed by atoms with Crippen LogP contribution >= 0.6 is 0 Å². The fourth-order valence-corrected chi connectivity index (χ4v) is 4.86. The van der Waals surface area contributed by atoms with Gasteiger partial charge in [-0.15, -0.1) is 0 Å². The number of nitrogens with zero attached hydrogens (tertiary/aromatic N) is 4. The van der Waals surface area contributed by atoms with E-state index in [1.54, 1.807) is 4.90 Å². The number of anilines is 2. The standard InChI is InChI=1S/C21H25F2N5O2/c1-10-8-27-15(9-25(10)3)20(29)28(12-6-24-7-12)19-18(27)13-5-14(22)11(2)16(23)17(13)26(4)21(19)30/h5,10,12,15,24H,6-9H2,1-4H3. The number of hydrogen-bond acceptors (Lipinski definition) is 5. The predicted molar refractivity (Wildman–Crippen MR) is 111 cm³/mol. The third kappa shape index (κ3) is 2.42. The summed E-state index contributed by atoms with van der Waals surface area (Å²) in [6, 6.07) is 0.785. The van der Waals surface area contributed by atoms with Gasteiger partial charge in [0, 0.05) is 50.2 Å². The van der Waals surface area contributed by atoms with Crippen LogP contribution in [0.2, 0.25) is 0 Å². The number of amides is 1. The number of carbonyl (C=O) groups is 1. The summed E-state index contributed by atoms with van der Waals surface area (Å²) in [7, 11) is 3.44. The van der Waals surface area contributed by atoms with Gasteiger partial charge in [-0.25, -0.2) is 8.78 Å². The molecule has 0 radical (unpaired) electrons. The van der Waals surface area contributed by atoms with Crippen molar-refractivity contribution in [3.8, 4) is 0 Å². The second-order valence-electron chi connectivity index (χ2n) is 8.73. The normalized spacial score (nSPS) is 24.8. The van der Waals surface area contributed by atoms with E-state index < -0.39 is 23.2 Å². The summed E-state index contributed by atoms with van der Waals surface area (Å²) in [5.74, 6) is -1.52. The molecule has 2 atom stereocenters. The lowest BCUT2D eigenvalue weighted by Gasteiger charge is -2.52. The first-order valence-electron chi connectivity index (χ1n) is 10.2. The highest BCUT2D eigenvalue weighted by atomic mass is 19.1. The highest BCUT2D eigenvalue weighted by Crippen LogP contribution is 2.43. The molecule has 1 N–H and O–H groups in total. The number of carbonyl (C=O) groups excluding carboxylic acids is 1. The Morgan fingerprint density at radius 3 is 2.43 bits per heavy atom. The van der Waals surface area contributed by atoms with Gasteiger partial charge in [-0.3, -0.25) is 19.4 Å². The molecule has 3 aliphatic heterocycles. The van der Waals surface area contributed by atoms with Gasteiger partial charge < -0.3 is 14.8 Å². The van der Waals surface area contributed by atoms with Gasteiger partial charge in [0.2, 0.25) is 0 Å². The number of likely N-dealkylation sites (N-methyl/N-ethyl adjacent to an activating group) is 1. The molecule has 3 aliphatic rings. The second kappa shape index (κ2) is 6.49. The Balaban J connectivity index is 1.89. The van der Waals surface area contributed by atoms with Crippen molar-refractivity contribution in [2.75, 3.05) is 43.0 Å². The molecule has 1 aromatic carbocycles. The first-order valence-corrected chi connectivity index (χ1v) is 10.2. The molecule has 160 valence electrons. The maximum atomic E-state index is 15.1. The van der Waals surface area contributed by atoms with Crippen LogP contribution in [0.25, 0.3) is 10.9 Å². The molecule has 9 heteroatoms. The van der Waals surface area contributed by atoms with Crippen molar-refractivity contribution in [3.05, 3.63) is 33.6 Å². The minimum absolute atomic E-state index is 0.0732. The number of aromatic nitrogens is 1. The van der Waals surface area contributed by atoms with Crippen molar-refractivity contribution in [2.45, 2.75) is 32.0 Å². The van der Waals surface area contributed by atoms with Gasteiger partial charge in [-0.2, -0.15) is 0 Å². The van der Waals surface area contributed by atoms with Gasteiger partial charge in [-0.05, 0) is 27.0 Å². The topological polar surface area (TPSA) is 60.8 Å². The molecule has 0 aliphatic carbocycles. The molecule has 1 aromatic heterocycles. The molecule has 2 unspecified atom stereocenters. The number of nitrogens with one attached hydrogen (secondary N) is 1. The van der Waals surface area contributed by atoms with E-state index in [1.807, 2.05) is 18.9 Å². The van der Waals surface area contributed by atoms with E-state index in [0.717, 1.165) is 0 Å². The zero-order chi connectivity index (χ0) is 21.5. The van der Waals surface area contributed by atoms with E-state index in [9.17, 15) is 14.0 Å². The van der Waals surface area contributed by atoms with E-state index in [0.29, 0.717) is 37.3 Å². The Hall–Kier alpha value is -2.52. The quantitative estimate of drug-likeness (QED) is 0.749. The number of pyridine rings is 1. The first-order chi connectivity index (χ1) is 14.2. The summed E-state index contributed by atoms with van der Waals surface area (Å²) >= 11 is 0. The fourth-order valence-electron chi connectivity index (χ4n) is 4.86. The van der Waals surface area contributed by atoms with Crippen molar-refractivity contribution in [3.63, 3.8) is 0 Å². The number of piperazine rings is 1. The summed E-state index contributed by atoms with van der Waals surface area (Å²) in [6.45, 7) is 5.56.